The van der Waals surface area contributed by atoms with Gasteiger partial charge in [-0.3, -0.25) is 4.79 Å². The van der Waals surface area contributed by atoms with Crippen LogP contribution in [0.25, 0.3) is 6.08 Å². The van der Waals surface area contributed by atoms with Crippen molar-refractivity contribution in [2.75, 3.05) is 18.4 Å². The van der Waals surface area contributed by atoms with E-state index in [0.717, 1.165) is 17.6 Å². The first-order valence-electron chi connectivity index (χ1n) is 8.31. The Hall–Kier alpha value is -3.73. The predicted molar refractivity (Wildman–Crippen MR) is 111 cm³/mol. The molecule has 3 aromatic rings. The molecule has 150 valence electrons. The van der Waals surface area contributed by atoms with Crippen LogP contribution < -0.4 is 21.4 Å². The Kier molecular flexibility index (Phi) is 6.53. The van der Waals surface area contributed by atoms with Gasteiger partial charge >= 0.3 is 0 Å². The molecule has 4 N–H and O–H groups in total. The van der Waals surface area contributed by atoms with Gasteiger partial charge in [0, 0.05) is 17.8 Å². The molecule has 0 saturated heterocycles. The van der Waals surface area contributed by atoms with Crippen molar-refractivity contribution in [3.63, 3.8) is 0 Å². The number of hydrazone groups is 1. The number of para-hydroxylation sites is 1. The van der Waals surface area contributed by atoms with Gasteiger partial charge in [-0.2, -0.15) is 5.10 Å². The van der Waals surface area contributed by atoms with Crippen molar-refractivity contribution in [3.8, 4) is 11.5 Å². The summed E-state index contributed by atoms with van der Waals surface area (Å²) in [6.45, 7) is 0. The maximum atomic E-state index is 11.4. The number of ether oxygens (including phenoxy) is 1. The number of aromatic nitrogens is 3. The molecule has 0 amide bonds. The van der Waals surface area contributed by atoms with Gasteiger partial charge in [0.15, 0.2) is 5.75 Å². The van der Waals surface area contributed by atoms with Gasteiger partial charge in [-0.15, -0.1) is 10.2 Å². The van der Waals surface area contributed by atoms with Crippen molar-refractivity contribution >= 4 is 30.0 Å². The zero-order valence-corrected chi connectivity index (χ0v) is 16.2. The van der Waals surface area contributed by atoms with Crippen molar-refractivity contribution in [3.05, 3.63) is 64.2 Å². The van der Waals surface area contributed by atoms with Gasteiger partial charge in [0.2, 0.25) is 10.6 Å². The molecule has 0 radical (unpaired) electrons. The fraction of sp³-hybridized carbons (Fsp3) is 0.111. The number of thioether (sulfide) groups is 1. The third-order valence-electron chi connectivity index (χ3n) is 3.61. The molecule has 3 rings (SSSR count). The monoisotopic (exact) mass is 414 g/mol. The van der Waals surface area contributed by atoms with Crippen LogP contribution in [0.4, 0.5) is 5.95 Å². The van der Waals surface area contributed by atoms with E-state index in [0.29, 0.717) is 10.9 Å². The number of aromatic hydroxyl groups is 1. The Balaban J connectivity index is 1.56. The van der Waals surface area contributed by atoms with Gasteiger partial charge < -0.3 is 20.1 Å². The molecule has 0 saturated carbocycles. The molecule has 1 aromatic carbocycles. The molecule has 2 heterocycles. The van der Waals surface area contributed by atoms with Crippen molar-refractivity contribution in [1.82, 2.24) is 14.9 Å². The van der Waals surface area contributed by atoms with Crippen LogP contribution in [0.5, 0.6) is 11.5 Å². The molecular weight excluding hydrogens is 396 g/mol. The maximum Gasteiger partial charge on any atom is 0.264 e. The van der Waals surface area contributed by atoms with Crippen LogP contribution in [0.1, 0.15) is 11.3 Å². The largest absolute Gasteiger partial charge is 0.502 e. The summed E-state index contributed by atoms with van der Waals surface area (Å²) < 4.78 is 11.6. The van der Waals surface area contributed by atoms with Gasteiger partial charge in [0.25, 0.3) is 5.95 Å². The first-order chi connectivity index (χ1) is 14.1. The molecule has 0 bridgehead atoms. The summed E-state index contributed by atoms with van der Waals surface area (Å²) in [6, 6.07) is 8.81. The van der Waals surface area contributed by atoms with Crippen molar-refractivity contribution in [2.45, 2.75) is 10.9 Å². The van der Waals surface area contributed by atoms with Crippen LogP contribution in [0.15, 0.2) is 62.1 Å². The molecule has 2 aromatic heterocycles. The second-order valence-corrected chi connectivity index (χ2v) is 6.49. The number of anilines is 1. The molecule has 0 aliphatic heterocycles. The van der Waals surface area contributed by atoms with Crippen molar-refractivity contribution in [1.29, 1.82) is 0 Å². The Bertz CT molecular complexity index is 1090. The molecule has 0 aliphatic carbocycles. The van der Waals surface area contributed by atoms with Crippen LogP contribution in [0.3, 0.4) is 0 Å². The minimum atomic E-state index is -0.515. The summed E-state index contributed by atoms with van der Waals surface area (Å²) in [5.74, 6) is 7.15. The lowest BCUT2D eigenvalue weighted by Gasteiger charge is -2.03. The summed E-state index contributed by atoms with van der Waals surface area (Å²) in [6.07, 6.45) is 6.12. The van der Waals surface area contributed by atoms with E-state index in [1.165, 1.54) is 22.5 Å². The average molecular weight is 414 g/mol. The lowest BCUT2D eigenvalue weighted by molar-refractivity contribution is 0.414. The van der Waals surface area contributed by atoms with E-state index in [4.69, 9.17) is 15.0 Å². The minimum absolute atomic E-state index is 0.238. The minimum Gasteiger partial charge on any atom is -0.502 e. The van der Waals surface area contributed by atoms with Crippen LogP contribution in [-0.2, 0) is 5.75 Å². The number of nitrogens with two attached hydrogens (primary N) is 1. The quantitative estimate of drug-likeness (QED) is 0.218. The number of nitrogen functional groups attached to an aromatic ring is 1. The SMILES string of the molecule is COc1ccccc1/C=C/C=N/Nc1nnc(SCc2cc(=O)c(O)co2)n1N. The average Bonchev–Trinajstić information content (AvgIpc) is 3.08. The van der Waals surface area contributed by atoms with E-state index in [2.05, 4.69) is 20.7 Å². The third-order valence-corrected chi connectivity index (χ3v) is 4.58. The number of allylic oxidation sites excluding steroid dienone is 1. The van der Waals surface area contributed by atoms with Gasteiger partial charge in [0.1, 0.15) is 17.8 Å². The Morgan fingerprint density at radius 2 is 2.24 bits per heavy atom. The fourth-order valence-electron chi connectivity index (χ4n) is 2.20. The smallest absolute Gasteiger partial charge is 0.264 e. The lowest BCUT2D eigenvalue weighted by atomic mass is 10.2. The maximum absolute atomic E-state index is 11.4. The van der Waals surface area contributed by atoms with Gasteiger partial charge in [-0.25, -0.2) is 10.1 Å². The summed E-state index contributed by atoms with van der Waals surface area (Å²) in [7, 11) is 1.61. The van der Waals surface area contributed by atoms with Crippen LogP contribution in [-0.4, -0.2) is 33.3 Å². The van der Waals surface area contributed by atoms with Crippen LogP contribution in [0.2, 0.25) is 0 Å². The number of hydrogen-bond acceptors (Lipinski definition) is 10. The highest BCUT2D eigenvalue weighted by molar-refractivity contribution is 7.98. The topological polar surface area (TPSA) is 141 Å². The van der Waals surface area contributed by atoms with E-state index in [1.807, 2.05) is 30.3 Å². The van der Waals surface area contributed by atoms with E-state index < -0.39 is 11.2 Å². The van der Waals surface area contributed by atoms with Gasteiger partial charge in [0.05, 0.1) is 12.9 Å². The highest BCUT2D eigenvalue weighted by Gasteiger charge is 2.11. The number of nitrogens with one attached hydrogen (secondary N) is 1. The molecule has 0 aliphatic rings. The fourth-order valence-corrected chi connectivity index (χ4v) is 2.94. The number of benzene rings is 1. The summed E-state index contributed by atoms with van der Waals surface area (Å²) in [5, 5.41) is 21.5. The van der Waals surface area contributed by atoms with Gasteiger partial charge in [-0.05, 0) is 18.2 Å². The van der Waals surface area contributed by atoms with Gasteiger partial charge in [-0.1, -0.05) is 30.0 Å². The molecule has 0 atom stereocenters. The summed E-state index contributed by atoms with van der Waals surface area (Å²) in [5.41, 5.74) is 3.10. The Morgan fingerprint density at radius 3 is 3.03 bits per heavy atom. The predicted octanol–water partition coefficient (Wildman–Crippen LogP) is 2.06. The van der Waals surface area contributed by atoms with Crippen LogP contribution in [0, 0.1) is 0 Å². The van der Waals surface area contributed by atoms with E-state index >= 15 is 0 Å². The second-order valence-electron chi connectivity index (χ2n) is 5.55. The molecule has 29 heavy (non-hydrogen) atoms. The number of nitrogens with zero attached hydrogens (tertiary/aromatic N) is 4. The van der Waals surface area contributed by atoms with Crippen LogP contribution >= 0.6 is 11.8 Å². The Labute approximate surface area is 169 Å². The van der Waals surface area contributed by atoms with Crippen molar-refractivity contribution < 1.29 is 14.3 Å². The first kappa shape index (κ1) is 20.0. The zero-order chi connectivity index (χ0) is 20.6. The highest BCUT2D eigenvalue weighted by Crippen LogP contribution is 2.21. The molecule has 10 nitrogen and oxygen atoms in total. The molecule has 0 unspecified atom stereocenters. The number of hydrogen-bond donors (Lipinski definition) is 3. The molecule has 0 spiro atoms. The second kappa shape index (κ2) is 9.46. The summed E-state index contributed by atoms with van der Waals surface area (Å²) >= 11 is 1.21. The third kappa shape index (κ3) is 5.17. The standard InChI is InChI=1S/C18H18N6O4S/c1-27-16-7-3-2-5-12(16)6-4-8-20-21-17-22-23-18(24(17)19)29-11-13-9-14(25)15(26)10-28-13/h2-10,26H,11,19H2,1H3,(H,21,22)/b6-4+,20-8+. The highest BCUT2D eigenvalue weighted by atomic mass is 32.2. The molecular formula is C18H18N6O4S. The van der Waals surface area contributed by atoms with E-state index in [1.54, 1.807) is 19.4 Å². The Morgan fingerprint density at radius 1 is 1.41 bits per heavy atom. The first-order valence-corrected chi connectivity index (χ1v) is 9.30. The summed E-state index contributed by atoms with van der Waals surface area (Å²) in [4.78, 5) is 11.4. The lowest BCUT2D eigenvalue weighted by Crippen LogP contribution is -2.13. The molecule has 0 fully saturated rings. The van der Waals surface area contributed by atoms with E-state index in [9.17, 15) is 9.90 Å². The zero-order valence-electron chi connectivity index (χ0n) is 15.3. The normalized spacial score (nSPS) is 11.3. The number of rotatable bonds is 8. The number of methoxy groups -OCH3 is 1. The van der Waals surface area contributed by atoms with Crippen molar-refractivity contribution in [2.24, 2.45) is 5.10 Å². The molecule has 11 heteroatoms. The van der Waals surface area contributed by atoms with E-state index in [-0.39, 0.29) is 11.7 Å².